The molecule has 2 fully saturated rings. The van der Waals surface area contributed by atoms with Crippen LogP contribution >= 0.6 is 12.4 Å². The Morgan fingerprint density at radius 2 is 1.62 bits per heavy atom. The molecule has 1 aliphatic carbocycles. The molecular formula is C24H33ClN2O2. The lowest BCUT2D eigenvalue weighted by molar-refractivity contribution is -0.0316. The van der Waals surface area contributed by atoms with Gasteiger partial charge in [-0.2, -0.15) is 0 Å². The van der Waals surface area contributed by atoms with Crippen molar-refractivity contribution in [3.8, 4) is 11.5 Å². The predicted molar refractivity (Wildman–Crippen MR) is 120 cm³/mol. The van der Waals surface area contributed by atoms with E-state index in [1.165, 1.54) is 12.0 Å². The number of para-hydroxylation sites is 1. The third kappa shape index (κ3) is 5.73. The second kappa shape index (κ2) is 10.4. The van der Waals surface area contributed by atoms with Crippen LogP contribution < -0.4 is 10.1 Å². The van der Waals surface area contributed by atoms with Crippen molar-refractivity contribution in [1.29, 1.82) is 0 Å². The molecule has 0 bridgehead atoms. The van der Waals surface area contributed by atoms with Gasteiger partial charge >= 0.3 is 0 Å². The number of hydrogen-bond acceptors (Lipinski definition) is 4. The highest BCUT2D eigenvalue weighted by Gasteiger charge is 2.39. The summed E-state index contributed by atoms with van der Waals surface area (Å²) in [6, 6.07) is 18.3. The van der Waals surface area contributed by atoms with E-state index in [0.717, 1.165) is 69.9 Å². The molecule has 2 N–H and O–H groups in total. The Labute approximate surface area is 180 Å². The fraction of sp³-hybridized carbons (Fsp3) is 0.500. The van der Waals surface area contributed by atoms with E-state index in [1.807, 2.05) is 36.4 Å². The molecule has 0 spiro atoms. The maximum absolute atomic E-state index is 11.6. The minimum atomic E-state index is -0.617. The van der Waals surface area contributed by atoms with Crippen LogP contribution in [0.15, 0.2) is 54.6 Å². The Kier molecular flexibility index (Phi) is 7.96. The zero-order valence-electron chi connectivity index (χ0n) is 17.1. The Morgan fingerprint density at radius 3 is 2.34 bits per heavy atom. The van der Waals surface area contributed by atoms with E-state index < -0.39 is 5.60 Å². The molecule has 1 saturated heterocycles. The number of halogens is 1. The molecule has 5 heteroatoms. The molecule has 1 saturated carbocycles. The molecule has 2 aromatic rings. The molecule has 29 heavy (non-hydrogen) atoms. The maximum atomic E-state index is 11.6. The Morgan fingerprint density at radius 1 is 0.931 bits per heavy atom. The standard InChI is InChI=1S/C24H32N2O2.ClH/c27-24(12-5-2-6-13-24)23(19-26-16-14-25-15-17-26)20-8-7-11-22(18-20)28-21-9-3-1-4-10-21;/h1,3-4,7-11,18,23,25,27H,2,5-6,12-17,19H2;1H/t23-;/m1./s1. The van der Waals surface area contributed by atoms with Gasteiger partial charge in [-0.1, -0.05) is 49.6 Å². The summed E-state index contributed by atoms with van der Waals surface area (Å²) in [6.45, 7) is 5.07. The number of hydrogen-bond donors (Lipinski definition) is 2. The van der Waals surface area contributed by atoms with Crippen LogP contribution in [-0.4, -0.2) is 48.3 Å². The Bertz CT molecular complexity index is 744. The van der Waals surface area contributed by atoms with Crippen LogP contribution in [0.1, 0.15) is 43.6 Å². The molecule has 2 aliphatic rings. The van der Waals surface area contributed by atoms with Gasteiger partial charge in [-0.3, -0.25) is 0 Å². The van der Waals surface area contributed by atoms with Crippen molar-refractivity contribution < 1.29 is 9.84 Å². The van der Waals surface area contributed by atoms with Gasteiger partial charge in [-0.15, -0.1) is 12.4 Å². The van der Waals surface area contributed by atoms with Gasteiger partial charge < -0.3 is 20.1 Å². The lowest BCUT2D eigenvalue weighted by Crippen LogP contribution is -2.49. The summed E-state index contributed by atoms with van der Waals surface area (Å²) in [5.41, 5.74) is 0.575. The Hall–Kier alpha value is -1.59. The minimum Gasteiger partial charge on any atom is -0.457 e. The second-order valence-corrected chi connectivity index (χ2v) is 8.26. The quantitative estimate of drug-likeness (QED) is 0.723. The summed E-state index contributed by atoms with van der Waals surface area (Å²) in [5, 5.41) is 15.0. The number of aliphatic hydroxyl groups is 1. The van der Waals surface area contributed by atoms with Crippen molar-refractivity contribution in [3.05, 3.63) is 60.2 Å². The van der Waals surface area contributed by atoms with Crippen LogP contribution in [0.5, 0.6) is 11.5 Å². The third-order valence-electron chi connectivity index (χ3n) is 6.26. The van der Waals surface area contributed by atoms with E-state index in [4.69, 9.17) is 4.74 Å². The summed E-state index contributed by atoms with van der Waals surface area (Å²) in [7, 11) is 0. The lowest BCUT2D eigenvalue weighted by Gasteiger charge is -2.42. The monoisotopic (exact) mass is 416 g/mol. The van der Waals surface area contributed by atoms with Crippen LogP contribution in [0.4, 0.5) is 0 Å². The highest BCUT2D eigenvalue weighted by atomic mass is 35.5. The average molecular weight is 417 g/mol. The van der Waals surface area contributed by atoms with E-state index >= 15 is 0 Å². The fourth-order valence-electron chi connectivity index (χ4n) is 4.67. The Balaban J connectivity index is 0.00000240. The first kappa shape index (κ1) is 22.1. The fourth-order valence-corrected chi connectivity index (χ4v) is 4.67. The van der Waals surface area contributed by atoms with Crippen LogP contribution in [0.3, 0.4) is 0 Å². The number of ether oxygens (including phenoxy) is 1. The van der Waals surface area contributed by atoms with Crippen LogP contribution in [0, 0.1) is 0 Å². The molecule has 158 valence electrons. The summed E-state index contributed by atoms with van der Waals surface area (Å²) in [6.07, 6.45) is 5.27. The van der Waals surface area contributed by atoms with Crippen molar-refractivity contribution in [2.45, 2.75) is 43.6 Å². The predicted octanol–water partition coefficient (Wildman–Crippen LogP) is 4.58. The van der Waals surface area contributed by atoms with E-state index in [-0.39, 0.29) is 18.3 Å². The first-order chi connectivity index (χ1) is 13.7. The molecule has 0 amide bonds. The van der Waals surface area contributed by atoms with Gasteiger partial charge in [0, 0.05) is 38.6 Å². The first-order valence-corrected chi connectivity index (χ1v) is 10.7. The topological polar surface area (TPSA) is 44.7 Å². The summed E-state index contributed by atoms with van der Waals surface area (Å²) in [4.78, 5) is 2.50. The summed E-state index contributed by atoms with van der Waals surface area (Å²) < 4.78 is 6.07. The molecular weight excluding hydrogens is 384 g/mol. The second-order valence-electron chi connectivity index (χ2n) is 8.26. The van der Waals surface area contributed by atoms with Crippen LogP contribution in [0.2, 0.25) is 0 Å². The average Bonchev–Trinajstić information content (AvgIpc) is 2.74. The smallest absolute Gasteiger partial charge is 0.127 e. The highest BCUT2D eigenvalue weighted by Crippen LogP contribution is 2.41. The van der Waals surface area contributed by atoms with E-state index in [2.05, 4.69) is 28.4 Å². The number of piperazine rings is 1. The number of nitrogens with zero attached hydrogens (tertiary/aromatic N) is 1. The van der Waals surface area contributed by atoms with Gasteiger partial charge in [0.15, 0.2) is 0 Å². The van der Waals surface area contributed by atoms with Crippen LogP contribution in [-0.2, 0) is 0 Å². The maximum Gasteiger partial charge on any atom is 0.127 e. The molecule has 1 aliphatic heterocycles. The minimum absolute atomic E-state index is 0. The van der Waals surface area contributed by atoms with E-state index in [9.17, 15) is 5.11 Å². The lowest BCUT2D eigenvalue weighted by atomic mass is 9.72. The van der Waals surface area contributed by atoms with Gasteiger partial charge in [0.25, 0.3) is 0 Å². The molecule has 0 aromatic heterocycles. The highest BCUT2D eigenvalue weighted by molar-refractivity contribution is 5.85. The summed E-state index contributed by atoms with van der Waals surface area (Å²) >= 11 is 0. The summed E-state index contributed by atoms with van der Waals surface area (Å²) in [5.74, 6) is 1.80. The normalized spacial score (nSPS) is 20.4. The van der Waals surface area contributed by atoms with E-state index in [1.54, 1.807) is 0 Å². The van der Waals surface area contributed by atoms with Gasteiger partial charge in [0.2, 0.25) is 0 Å². The molecule has 2 aromatic carbocycles. The van der Waals surface area contributed by atoms with Gasteiger partial charge in [-0.05, 0) is 42.7 Å². The number of rotatable bonds is 6. The van der Waals surface area contributed by atoms with Crippen molar-refractivity contribution in [2.24, 2.45) is 0 Å². The molecule has 0 radical (unpaired) electrons. The van der Waals surface area contributed by atoms with Gasteiger partial charge in [0.1, 0.15) is 11.5 Å². The molecule has 0 unspecified atom stereocenters. The van der Waals surface area contributed by atoms with Gasteiger partial charge in [0.05, 0.1) is 5.60 Å². The molecule has 1 heterocycles. The molecule has 4 rings (SSSR count). The molecule has 1 atom stereocenters. The zero-order valence-corrected chi connectivity index (χ0v) is 17.9. The van der Waals surface area contributed by atoms with Crippen LogP contribution in [0.25, 0.3) is 0 Å². The van der Waals surface area contributed by atoms with Crippen molar-refractivity contribution in [1.82, 2.24) is 10.2 Å². The zero-order chi connectivity index (χ0) is 19.2. The van der Waals surface area contributed by atoms with Crippen molar-refractivity contribution in [2.75, 3.05) is 32.7 Å². The number of benzene rings is 2. The van der Waals surface area contributed by atoms with E-state index in [0.29, 0.717) is 0 Å². The van der Waals surface area contributed by atoms with Crippen molar-refractivity contribution >= 4 is 12.4 Å². The van der Waals surface area contributed by atoms with Crippen molar-refractivity contribution in [3.63, 3.8) is 0 Å². The third-order valence-corrected chi connectivity index (χ3v) is 6.26. The SMILES string of the molecule is Cl.OC1([C@H](CN2CCNCC2)c2cccc(Oc3ccccc3)c2)CCCCC1. The largest absolute Gasteiger partial charge is 0.457 e. The number of nitrogens with one attached hydrogen (secondary N) is 1. The molecule has 4 nitrogen and oxygen atoms in total. The first-order valence-electron chi connectivity index (χ1n) is 10.7. The van der Waals surface area contributed by atoms with Gasteiger partial charge in [-0.25, -0.2) is 0 Å².